The molecule has 0 atom stereocenters. The monoisotopic (exact) mass is 335 g/mol. The molecule has 0 saturated carbocycles. The van der Waals surface area contributed by atoms with Crippen LogP contribution in [0.4, 0.5) is 5.82 Å². The lowest BCUT2D eigenvalue weighted by Crippen LogP contribution is -2.15. The molecule has 1 amide bonds. The molecular weight excluding hydrogens is 314 g/mol. The minimum Gasteiger partial charge on any atom is -0.497 e. The third-order valence-corrected chi connectivity index (χ3v) is 3.92. The second-order valence-electron chi connectivity index (χ2n) is 5.99. The molecule has 1 N–H and O–H groups in total. The number of anilines is 1. The van der Waals surface area contributed by atoms with Gasteiger partial charge in [0.1, 0.15) is 5.75 Å². The van der Waals surface area contributed by atoms with E-state index in [1.165, 1.54) is 0 Å². The first-order chi connectivity index (χ1) is 12.0. The van der Waals surface area contributed by atoms with Gasteiger partial charge in [-0.3, -0.25) is 4.79 Å². The number of methoxy groups -OCH3 is 1. The van der Waals surface area contributed by atoms with Crippen LogP contribution in [0, 0.1) is 13.8 Å². The van der Waals surface area contributed by atoms with Crippen LogP contribution >= 0.6 is 0 Å². The molecule has 2 aromatic carbocycles. The van der Waals surface area contributed by atoms with Gasteiger partial charge in [0.15, 0.2) is 5.82 Å². The highest BCUT2D eigenvalue weighted by molar-refractivity contribution is 5.91. The van der Waals surface area contributed by atoms with Gasteiger partial charge in [0.05, 0.1) is 19.2 Å². The van der Waals surface area contributed by atoms with E-state index in [0.29, 0.717) is 12.2 Å². The number of aryl methyl sites for hydroxylation is 2. The van der Waals surface area contributed by atoms with E-state index in [9.17, 15) is 4.79 Å². The molecule has 0 spiro atoms. The SMILES string of the molecule is COc1ccc(CC(=O)Nc2cc(C)n(-c3cccc(C)c3)n2)cc1. The van der Waals surface area contributed by atoms with Crippen LogP contribution < -0.4 is 10.1 Å². The van der Waals surface area contributed by atoms with Gasteiger partial charge in [-0.25, -0.2) is 4.68 Å². The van der Waals surface area contributed by atoms with Crippen LogP contribution in [0.15, 0.2) is 54.6 Å². The molecule has 0 aliphatic rings. The summed E-state index contributed by atoms with van der Waals surface area (Å²) in [5.41, 5.74) is 4.03. The summed E-state index contributed by atoms with van der Waals surface area (Å²) >= 11 is 0. The molecule has 128 valence electrons. The fraction of sp³-hybridized carbons (Fsp3) is 0.200. The highest BCUT2D eigenvalue weighted by atomic mass is 16.5. The summed E-state index contributed by atoms with van der Waals surface area (Å²) in [5, 5.41) is 7.36. The number of carbonyl (C=O) groups excluding carboxylic acids is 1. The Bertz CT molecular complexity index is 882. The lowest BCUT2D eigenvalue weighted by Gasteiger charge is -2.05. The molecule has 0 saturated heterocycles. The maximum Gasteiger partial charge on any atom is 0.229 e. The van der Waals surface area contributed by atoms with E-state index in [-0.39, 0.29) is 5.91 Å². The molecule has 0 aliphatic heterocycles. The highest BCUT2D eigenvalue weighted by Crippen LogP contribution is 2.17. The second-order valence-corrected chi connectivity index (χ2v) is 5.99. The van der Waals surface area contributed by atoms with E-state index in [1.807, 2.05) is 67.1 Å². The summed E-state index contributed by atoms with van der Waals surface area (Å²) in [6, 6.07) is 17.4. The summed E-state index contributed by atoms with van der Waals surface area (Å²) in [7, 11) is 1.62. The number of carbonyl (C=O) groups is 1. The summed E-state index contributed by atoms with van der Waals surface area (Å²) in [6.45, 7) is 4.01. The van der Waals surface area contributed by atoms with Crippen molar-refractivity contribution in [1.29, 1.82) is 0 Å². The van der Waals surface area contributed by atoms with Crippen LogP contribution in [0.25, 0.3) is 5.69 Å². The molecule has 25 heavy (non-hydrogen) atoms. The summed E-state index contributed by atoms with van der Waals surface area (Å²) in [6.07, 6.45) is 0.292. The van der Waals surface area contributed by atoms with E-state index in [0.717, 1.165) is 28.3 Å². The van der Waals surface area contributed by atoms with Crippen LogP contribution in [0.3, 0.4) is 0 Å². The zero-order chi connectivity index (χ0) is 17.8. The maximum absolute atomic E-state index is 12.3. The molecule has 0 fully saturated rings. The van der Waals surface area contributed by atoms with Crippen LogP contribution in [0.1, 0.15) is 16.8 Å². The molecule has 3 aromatic rings. The van der Waals surface area contributed by atoms with Crippen molar-refractivity contribution < 1.29 is 9.53 Å². The Kier molecular flexibility index (Phi) is 4.84. The molecular formula is C20H21N3O2. The first-order valence-electron chi connectivity index (χ1n) is 8.11. The zero-order valence-electron chi connectivity index (χ0n) is 14.6. The number of nitrogens with zero attached hydrogens (tertiary/aromatic N) is 2. The number of nitrogens with one attached hydrogen (secondary N) is 1. The Hall–Kier alpha value is -3.08. The van der Waals surface area contributed by atoms with Crippen molar-refractivity contribution in [2.24, 2.45) is 0 Å². The number of benzene rings is 2. The average molecular weight is 335 g/mol. The Labute approximate surface area is 147 Å². The first kappa shape index (κ1) is 16.8. The van der Waals surface area contributed by atoms with E-state index in [4.69, 9.17) is 4.74 Å². The number of aromatic nitrogens is 2. The standard InChI is InChI=1S/C20H21N3O2/c1-14-5-4-6-17(11-14)23-15(2)12-19(22-23)21-20(24)13-16-7-9-18(25-3)10-8-16/h4-12H,13H2,1-3H3,(H,21,22,24). The van der Waals surface area contributed by atoms with E-state index >= 15 is 0 Å². The van der Waals surface area contributed by atoms with Gasteiger partial charge in [-0.1, -0.05) is 24.3 Å². The number of hydrogen-bond donors (Lipinski definition) is 1. The minimum atomic E-state index is -0.0981. The van der Waals surface area contributed by atoms with Gasteiger partial charge in [0, 0.05) is 11.8 Å². The summed E-state index contributed by atoms with van der Waals surface area (Å²) in [5.74, 6) is 1.23. The van der Waals surface area contributed by atoms with Crippen LogP contribution in [0.5, 0.6) is 5.75 Å². The fourth-order valence-electron chi connectivity index (χ4n) is 2.67. The highest BCUT2D eigenvalue weighted by Gasteiger charge is 2.10. The number of amides is 1. The van der Waals surface area contributed by atoms with Crippen molar-refractivity contribution in [3.8, 4) is 11.4 Å². The molecule has 0 aliphatic carbocycles. The van der Waals surface area contributed by atoms with Gasteiger partial charge in [0.25, 0.3) is 0 Å². The zero-order valence-corrected chi connectivity index (χ0v) is 14.6. The molecule has 5 heteroatoms. The quantitative estimate of drug-likeness (QED) is 0.774. The van der Waals surface area contributed by atoms with Gasteiger partial charge in [0.2, 0.25) is 5.91 Å². The normalized spacial score (nSPS) is 10.5. The van der Waals surface area contributed by atoms with Crippen molar-refractivity contribution >= 4 is 11.7 Å². The molecule has 0 unspecified atom stereocenters. The lowest BCUT2D eigenvalue weighted by atomic mass is 10.1. The van der Waals surface area contributed by atoms with Crippen LogP contribution in [-0.2, 0) is 11.2 Å². The number of hydrogen-bond acceptors (Lipinski definition) is 3. The number of ether oxygens (including phenoxy) is 1. The minimum absolute atomic E-state index is 0.0981. The molecule has 3 rings (SSSR count). The Morgan fingerprint density at radius 1 is 1.12 bits per heavy atom. The maximum atomic E-state index is 12.3. The molecule has 1 aromatic heterocycles. The third kappa shape index (κ3) is 4.07. The van der Waals surface area contributed by atoms with Gasteiger partial charge in [-0.15, -0.1) is 5.10 Å². The predicted molar refractivity (Wildman–Crippen MR) is 98.4 cm³/mol. The van der Waals surface area contributed by atoms with Gasteiger partial charge < -0.3 is 10.1 Å². The smallest absolute Gasteiger partial charge is 0.229 e. The molecule has 0 bridgehead atoms. The Morgan fingerprint density at radius 2 is 1.88 bits per heavy atom. The van der Waals surface area contributed by atoms with Gasteiger partial charge in [-0.2, -0.15) is 0 Å². The van der Waals surface area contributed by atoms with Crippen molar-refractivity contribution in [2.45, 2.75) is 20.3 Å². The van der Waals surface area contributed by atoms with E-state index in [2.05, 4.69) is 16.5 Å². The topological polar surface area (TPSA) is 56.1 Å². The first-order valence-corrected chi connectivity index (χ1v) is 8.11. The summed E-state index contributed by atoms with van der Waals surface area (Å²) in [4.78, 5) is 12.3. The van der Waals surface area contributed by atoms with Crippen molar-refractivity contribution in [3.05, 3.63) is 71.4 Å². The Balaban J connectivity index is 1.70. The molecule has 5 nitrogen and oxygen atoms in total. The van der Waals surface area contributed by atoms with Crippen LogP contribution in [-0.4, -0.2) is 22.8 Å². The van der Waals surface area contributed by atoms with Crippen molar-refractivity contribution in [3.63, 3.8) is 0 Å². The average Bonchev–Trinajstić information content (AvgIpc) is 2.95. The number of rotatable bonds is 5. The predicted octanol–water partition coefficient (Wildman–Crippen LogP) is 3.68. The van der Waals surface area contributed by atoms with Crippen molar-refractivity contribution in [1.82, 2.24) is 9.78 Å². The second kappa shape index (κ2) is 7.21. The third-order valence-electron chi connectivity index (χ3n) is 3.92. The largest absolute Gasteiger partial charge is 0.497 e. The molecule has 1 heterocycles. The summed E-state index contributed by atoms with van der Waals surface area (Å²) < 4.78 is 6.95. The van der Waals surface area contributed by atoms with E-state index in [1.54, 1.807) is 7.11 Å². The van der Waals surface area contributed by atoms with Gasteiger partial charge in [-0.05, 0) is 49.2 Å². The van der Waals surface area contributed by atoms with Crippen molar-refractivity contribution in [2.75, 3.05) is 12.4 Å². The fourth-order valence-corrected chi connectivity index (χ4v) is 2.67. The van der Waals surface area contributed by atoms with E-state index < -0.39 is 0 Å². The molecule has 0 radical (unpaired) electrons. The Morgan fingerprint density at radius 3 is 2.56 bits per heavy atom. The lowest BCUT2D eigenvalue weighted by molar-refractivity contribution is -0.115. The van der Waals surface area contributed by atoms with Crippen LogP contribution in [0.2, 0.25) is 0 Å². The van der Waals surface area contributed by atoms with Gasteiger partial charge >= 0.3 is 0 Å².